The van der Waals surface area contributed by atoms with Crippen molar-refractivity contribution in [1.29, 1.82) is 0 Å². The largest absolute Gasteiger partial charge is 0.477 e. The Morgan fingerprint density at radius 1 is 1.41 bits per heavy atom. The number of carboxylic acid groups (broad SMARTS) is 1. The molecule has 1 aromatic carbocycles. The maximum absolute atomic E-state index is 12.7. The Hall–Kier alpha value is -2.62. The van der Waals surface area contributed by atoms with Crippen molar-refractivity contribution in [3.05, 3.63) is 50.8 Å². The quantitative estimate of drug-likeness (QED) is 0.686. The minimum Gasteiger partial charge on any atom is -0.477 e. The van der Waals surface area contributed by atoms with Crippen molar-refractivity contribution in [2.45, 2.75) is 6.18 Å². The van der Waals surface area contributed by atoms with Crippen LogP contribution in [0.25, 0.3) is 5.69 Å². The summed E-state index contributed by atoms with van der Waals surface area (Å²) in [6.07, 6.45) is -4.91. The van der Waals surface area contributed by atoms with Gasteiger partial charge in [0.05, 0.1) is 9.95 Å². The highest BCUT2D eigenvalue weighted by atomic mass is 35.5. The van der Waals surface area contributed by atoms with Gasteiger partial charge in [-0.1, -0.05) is 17.7 Å². The zero-order valence-corrected chi connectivity index (χ0v) is 11.1. The maximum Gasteiger partial charge on any atom is 0.435 e. The van der Waals surface area contributed by atoms with E-state index < -0.39 is 39.8 Å². The van der Waals surface area contributed by atoms with Crippen LogP contribution in [0.3, 0.4) is 0 Å². The lowest BCUT2D eigenvalue weighted by atomic mass is 10.2. The molecule has 0 unspecified atom stereocenters. The third kappa shape index (κ3) is 2.72. The van der Waals surface area contributed by atoms with Crippen LogP contribution < -0.4 is 0 Å². The van der Waals surface area contributed by atoms with Gasteiger partial charge in [0.15, 0.2) is 17.1 Å². The van der Waals surface area contributed by atoms with Gasteiger partial charge in [-0.3, -0.25) is 10.1 Å². The Morgan fingerprint density at radius 2 is 2.05 bits per heavy atom. The highest BCUT2D eigenvalue weighted by Crippen LogP contribution is 2.34. The Balaban J connectivity index is 2.81. The fourth-order valence-electron chi connectivity index (χ4n) is 1.70. The highest BCUT2D eigenvalue weighted by molar-refractivity contribution is 6.32. The molecule has 0 saturated carbocycles. The molecule has 0 spiro atoms. The second-order valence-electron chi connectivity index (χ2n) is 3.99. The number of carboxylic acids is 1. The Morgan fingerprint density at radius 3 is 2.55 bits per heavy atom. The van der Waals surface area contributed by atoms with Gasteiger partial charge >= 0.3 is 12.1 Å². The van der Waals surface area contributed by atoms with Crippen molar-refractivity contribution >= 4 is 23.3 Å². The van der Waals surface area contributed by atoms with Gasteiger partial charge in [-0.05, 0) is 6.07 Å². The minimum absolute atomic E-state index is 0.273. The van der Waals surface area contributed by atoms with E-state index in [1.807, 2.05) is 0 Å². The van der Waals surface area contributed by atoms with E-state index >= 15 is 0 Å². The first-order chi connectivity index (χ1) is 10.1. The van der Waals surface area contributed by atoms with Crippen LogP contribution in [0.1, 0.15) is 16.2 Å². The molecular formula is C11H5ClF3N3O4. The molecule has 0 atom stereocenters. The van der Waals surface area contributed by atoms with Crippen molar-refractivity contribution in [2.24, 2.45) is 0 Å². The molecule has 7 nitrogen and oxygen atoms in total. The first kappa shape index (κ1) is 15.8. The number of benzene rings is 1. The SMILES string of the molecule is O=C(O)c1cc(C(F)(F)F)nn1-c1c(Cl)cccc1[N+](=O)[O-]. The van der Waals surface area contributed by atoms with Crippen LogP contribution in [0, 0.1) is 10.1 Å². The molecule has 1 N–H and O–H groups in total. The first-order valence-corrected chi connectivity index (χ1v) is 5.84. The summed E-state index contributed by atoms with van der Waals surface area (Å²) in [4.78, 5) is 21.2. The molecule has 0 aliphatic carbocycles. The molecule has 0 aliphatic heterocycles. The molecule has 116 valence electrons. The second kappa shape index (κ2) is 5.30. The van der Waals surface area contributed by atoms with Crippen molar-refractivity contribution in [3.8, 4) is 5.69 Å². The average Bonchev–Trinajstić information content (AvgIpc) is 2.82. The van der Waals surface area contributed by atoms with Crippen LogP contribution in [0.5, 0.6) is 0 Å². The van der Waals surface area contributed by atoms with Gasteiger partial charge in [0, 0.05) is 12.1 Å². The highest BCUT2D eigenvalue weighted by Gasteiger charge is 2.37. The summed E-state index contributed by atoms with van der Waals surface area (Å²) in [7, 11) is 0. The zero-order valence-electron chi connectivity index (χ0n) is 10.3. The number of carbonyl (C=O) groups is 1. The molecule has 0 fully saturated rings. The van der Waals surface area contributed by atoms with Gasteiger partial charge in [-0.15, -0.1) is 0 Å². The third-order valence-corrected chi connectivity index (χ3v) is 2.90. The van der Waals surface area contributed by atoms with E-state index in [-0.39, 0.29) is 11.1 Å². The summed E-state index contributed by atoms with van der Waals surface area (Å²) in [5.74, 6) is -1.74. The smallest absolute Gasteiger partial charge is 0.435 e. The van der Waals surface area contributed by atoms with E-state index in [9.17, 15) is 28.1 Å². The number of nitro groups is 1. The van der Waals surface area contributed by atoms with Crippen LogP contribution in [-0.4, -0.2) is 25.8 Å². The standard InChI is InChI=1S/C11H5ClF3N3O4/c12-5-2-1-3-6(18(21)22)9(5)17-7(10(19)20)4-8(16-17)11(13,14)15/h1-4H,(H,19,20). The lowest BCUT2D eigenvalue weighted by Crippen LogP contribution is -2.11. The predicted molar refractivity (Wildman–Crippen MR) is 67.2 cm³/mol. The van der Waals surface area contributed by atoms with Gasteiger partial charge in [-0.2, -0.15) is 18.3 Å². The number of alkyl halides is 3. The Bertz CT molecular complexity index is 772. The minimum atomic E-state index is -4.91. The van der Waals surface area contributed by atoms with Gasteiger partial charge in [-0.25, -0.2) is 9.48 Å². The number of aromatic carboxylic acids is 1. The fourth-order valence-corrected chi connectivity index (χ4v) is 1.95. The molecule has 2 aromatic rings. The Labute approximate surface area is 124 Å². The van der Waals surface area contributed by atoms with E-state index in [0.717, 1.165) is 6.07 Å². The molecule has 11 heteroatoms. The van der Waals surface area contributed by atoms with Gasteiger partial charge in [0.25, 0.3) is 5.69 Å². The van der Waals surface area contributed by atoms with E-state index in [0.29, 0.717) is 4.68 Å². The fraction of sp³-hybridized carbons (Fsp3) is 0.0909. The number of hydrogen-bond acceptors (Lipinski definition) is 4. The number of para-hydroxylation sites is 1. The van der Waals surface area contributed by atoms with Gasteiger partial charge in [0.2, 0.25) is 0 Å². The summed E-state index contributed by atoms with van der Waals surface area (Å²) in [6, 6.07) is 3.63. The van der Waals surface area contributed by atoms with Crippen molar-refractivity contribution in [2.75, 3.05) is 0 Å². The summed E-state index contributed by atoms with van der Waals surface area (Å²) in [5, 5.41) is 22.7. The van der Waals surface area contributed by atoms with Crippen LogP contribution in [0.15, 0.2) is 24.3 Å². The van der Waals surface area contributed by atoms with E-state index in [4.69, 9.17) is 16.7 Å². The van der Waals surface area contributed by atoms with E-state index in [1.54, 1.807) is 0 Å². The monoisotopic (exact) mass is 335 g/mol. The molecule has 0 radical (unpaired) electrons. The van der Waals surface area contributed by atoms with E-state index in [1.165, 1.54) is 12.1 Å². The zero-order chi connectivity index (χ0) is 16.7. The Kier molecular flexibility index (Phi) is 3.79. The molecule has 0 aliphatic rings. The first-order valence-electron chi connectivity index (χ1n) is 5.46. The average molecular weight is 336 g/mol. The molecule has 22 heavy (non-hydrogen) atoms. The molecule has 0 amide bonds. The topological polar surface area (TPSA) is 98.3 Å². The van der Waals surface area contributed by atoms with Crippen LogP contribution in [0.2, 0.25) is 5.02 Å². The summed E-state index contributed by atoms with van der Waals surface area (Å²) >= 11 is 5.77. The molecule has 0 bridgehead atoms. The van der Waals surface area contributed by atoms with Gasteiger partial charge < -0.3 is 5.11 Å². The van der Waals surface area contributed by atoms with Crippen LogP contribution in [0.4, 0.5) is 18.9 Å². The molecule has 2 rings (SSSR count). The lowest BCUT2D eigenvalue weighted by molar-refractivity contribution is -0.384. The number of rotatable bonds is 3. The van der Waals surface area contributed by atoms with Crippen LogP contribution >= 0.6 is 11.6 Å². The number of halogens is 4. The van der Waals surface area contributed by atoms with Crippen molar-refractivity contribution < 1.29 is 28.0 Å². The molecule has 1 aromatic heterocycles. The normalized spacial score (nSPS) is 11.5. The lowest BCUT2D eigenvalue weighted by Gasteiger charge is -2.07. The van der Waals surface area contributed by atoms with Crippen LogP contribution in [-0.2, 0) is 6.18 Å². The maximum atomic E-state index is 12.7. The molecule has 0 saturated heterocycles. The number of nitro benzene ring substituents is 1. The van der Waals surface area contributed by atoms with Gasteiger partial charge in [0.1, 0.15) is 0 Å². The van der Waals surface area contributed by atoms with Crippen molar-refractivity contribution in [3.63, 3.8) is 0 Å². The summed E-state index contributed by atoms with van der Waals surface area (Å²) < 4.78 is 38.4. The number of hydrogen-bond donors (Lipinski definition) is 1. The summed E-state index contributed by atoms with van der Waals surface area (Å²) in [5.41, 5.74) is -3.63. The van der Waals surface area contributed by atoms with E-state index in [2.05, 4.69) is 5.10 Å². The molecule has 1 heterocycles. The number of aromatic nitrogens is 2. The predicted octanol–water partition coefficient (Wildman–Crippen LogP) is 3.15. The second-order valence-corrected chi connectivity index (χ2v) is 4.40. The van der Waals surface area contributed by atoms with Crippen molar-refractivity contribution in [1.82, 2.24) is 9.78 Å². The summed E-state index contributed by atoms with van der Waals surface area (Å²) in [6.45, 7) is 0. The molecular weight excluding hydrogens is 331 g/mol. The third-order valence-electron chi connectivity index (χ3n) is 2.59. The number of nitrogens with zero attached hydrogens (tertiary/aromatic N) is 3.